The maximum Gasteiger partial charge on any atom is 0.0314 e. The predicted octanol–water partition coefficient (Wildman–Crippen LogP) is 7.81. The predicted molar refractivity (Wildman–Crippen MR) is 123 cm³/mol. The Bertz CT molecular complexity index is 694. The summed E-state index contributed by atoms with van der Waals surface area (Å²) in [5.41, 5.74) is 11.7. The fraction of sp³-hybridized carbons (Fsp3) is 0.556. The Kier molecular flexibility index (Phi) is 8.01. The highest BCUT2D eigenvalue weighted by molar-refractivity contribution is 5.43. The van der Waals surface area contributed by atoms with E-state index in [1.165, 1.54) is 88.2 Å². The quantitative estimate of drug-likeness (QED) is 0.331. The van der Waals surface area contributed by atoms with Crippen molar-refractivity contribution in [2.24, 2.45) is 0 Å². The molecule has 0 saturated heterocycles. The van der Waals surface area contributed by atoms with Gasteiger partial charge in [0.25, 0.3) is 0 Å². The van der Waals surface area contributed by atoms with Crippen molar-refractivity contribution in [3.63, 3.8) is 0 Å². The molecule has 2 aromatic rings. The highest BCUT2D eigenvalue weighted by Gasteiger charge is 2.34. The summed E-state index contributed by atoms with van der Waals surface area (Å²) in [5, 5.41) is 0. The molecule has 1 aliphatic rings. The van der Waals surface area contributed by atoms with Gasteiger partial charge in [-0.05, 0) is 59.9 Å². The molecule has 0 aromatic heterocycles. The van der Waals surface area contributed by atoms with E-state index >= 15 is 0 Å². The normalized spacial score (nSPS) is 16.2. The van der Waals surface area contributed by atoms with E-state index in [2.05, 4.69) is 43.3 Å². The smallest absolute Gasteiger partial charge is 0.0314 e. The van der Waals surface area contributed by atoms with Crippen LogP contribution in [0.4, 0.5) is 5.69 Å². The number of benzene rings is 2. The molecule has 28 heavy (non-hydrogen) atoms. The van der Waals surface area contributed by atoms with Crippen molar-refractivity contribution in [3.05, 3.63) is 65.2 Å². The van der Waals surface area contributed by atoms with Crippen molar-refractivity contribution in [2.75, 3.05) is 5.73 Å². The van der Waals surface area contributed by atoms with Crippen molar-refractivity contribution >= 4 is 5.69 Å². The van der Waals surface area contributed by atoms with Gasteiger partial charge in [0, 0.05) is 5.69 Å². The maximum atomic E-state index is 5.89. The van der Waals surface area contributed by atoms with Crippen LogP contribution in [-0.2, 0) is 11.8 Å². The largest absolute Gasteiger partial charge is 0.399 e. The molecule has 0 atom stereocenters. The van der Waals surface area contributed by atoms with E-state index in [1.807, 2.05) is 12.1 Å². The van der Waals surface area contributed by atoms with Crippen LogP contribution in [0.5, 0.6) is 0 Å². The standard InChI is InChI=1S/C27H39N/c1-2-3-4-5-6-10-19-27(20-11-7-12-21-27)26-14-9-8-13-24(26)22-23-15-17-25(28)18-16-23/h8-9,13-18H,2-7,10-12,19-22,28H2,1H3. The number of unbranched alkanes of at least 4 members (excludes halogenated alkanes) is 5. The highest BCUT2D eigenvalue weighted by Crippen LogP contribution is 2.45. The Balaban J connectivity index is 1.75. The Labute approximate surface area is 172 Å². The van der Waals surface area contributed by atoms with Gasteiger partial charge in [-0.3, -0.25) is 0 Å². The molecule has 2 N–H and O–H groups in total. The summed E-state index contributed by atoms with van der Waals surface area (Å²) in [6.45, 7) is 2.30. The van der Waals surface area contributed by atoms with Gasteiger partial charge in [0.15, 0.2) is 0 Å². The van der Waals surface area contributed by atoms with Crippen LogP contribution in [0.3, 0.4) is 0 Å². The number of hydrogen-bond donors (Lipinski definition) is 1. The molecular weight excluding hydrogens is 338 g/mol. The molecule has 0 spiro atoms. The third kappa shape index (κ3) is 5.63. The summed E-state index contributed by atoms with van der Waals surface area (Å²) in [5.74, 6) is 0. The van der Waals surface area contributed by atoms with E-state index in [9.17, 15) is 0 Å². The molecule has 152 valence electrons. The van der Waals surface area contributed by atoms with Crippen LogP contribution in [0.25, 0.3) is 0 Å². The van der Waals surface area contributed by atoms with E-state index in [4.69, 9.17) is 5.73 Å². The molecule has 1 aliphatic carbocycles. The van der Waals surface area contributed by atoms with Gasteiger partial charge in [-0.15, -0.1) is 0 Å². The first kappa shape index (κ1) is 21.0. The first-order valence-corrected chi connectivity index (χ1v) is 11.7. The third-order valence-corrected chi connectivity index (χ3v) is 6.78. The monoisotopic (exact) mass is 377 g/mol. The van der Waals surface area contributed by atoms with Crippen molar-refractivity contribution in [1.29, 1.82) is 0 Å². The summed E-state index contributed by atoms with van der Waals surface area (Å²) in [7, 11) is 0. The fourth-order valence-electron chi connectivity index (χ4n) is 5.17. The van der Waals surface area contributed by atoms with E-state index < -0.39 is 0 Å². The van der Waals surface area contributed by atoms with E-state index in [1.54, 1.807) is 5.56 Å². The Morgan fingerprint density at radius 2 is 1.46 bits per heavy atom. The molecule has 0 amide bonds. The molecule has 1 saturated carbocycles. The molecule has 2 aromatic carbocycles. The van der Waals surface area contributed by atoms with Gasteiger partial charge in [-0.2, -0.15) is 0 Å². The first-order chi connectivity index (χ1) is 13.7. The van der Waals surface area contributed by atoms with E-state index in [0.29, 0.717) is 5.41 Å². The number of anilines is 1. The lowest BCUT2D eigenvalue weighted by Gasteiger charge is -2.39. The maximum absolute atomic E-state index is 5.89. The molecule has 1 nitrogen and oxygen atoms in total. The van der Waals surface area contributed by atoms with Crippen LogP contribution in [0.1, 0.15) is 101 Å². The molecular formula is C27H39N. The summed E-state index contributed by atoms with van der Waals surface area (Å²) >= 11 is 0. The topological polar surface area (TPSA) is 26.0 Å². The minimum Gasteiger partial charge on any atom is -0.399 e. The minimum atomic E-state index is 0.410. The number of nitrogens with two attached hydrogens (primary N) is 1. The van der Waals surface area contributed by atoms with E-state index in [0.717, 1.165) is 12.1 Å². The number of hydrogen-bond acceptors (Lipinski definition) is 1. The van der Waals surface area contributed by atoms with Gasteiger partial charge in [0.1, 0.15) is 0 Å². The van der Waals surface area contributed by atoms with Gasteiger partial charge in [0.2, 0.25) is 0 Å². The summed E-state index contributed by atoms with van der Waals surface area (Å²) < 4.78 is 0. The van der Waals surface area contributed by atoms with Crippen LogP contribution in [0.2, 0.25) is 0 Å². The van der Waals surface area contributed by atoms with Crippen molar-refractivity contribution < 1.29 is 0 Å². The lowest BCUT2D eigenvalue weighted by atomic mass is 9.65. The Hall–Kier alpha value is -1.76. The van der Waals surface area contributed by atoms with Crippen LogP contribution < -0.4 is 5.73 Å². The fourth-order valence-corrected chi connectivity index (χ4v) is 5.17. The van der Waals surface area contributed by atoms with Gasteiger partial charge < -0.3 is 5.73 Å². The molecule has 3 rings (SSSR count). The lowest BCUT2D eigenvalue weighted by Crippen LogP contribution is -2.30. The second kappa shape index (κ2) is 10.7. The van der Waals surface area contributed by atoms with Crippen molar-refractivity contribution in [3.8, 4) is 0 Å². The molecule has 0 radical (unpaired) electrons. The first-order valence-electron chi connectivity index (χ1n) is 11.7. The van der Waals surface area contributed by atoms with Crippen LogP contribution in [0, 0.1) is 0 Å². The Morgan fingerprint density at radius 3 is 2.21 bits per heavy atom. The van der Waals surface area contributed by atoms with Crippen LogP contribution in [-0.4, -0.2) is 0 Å². The second-order valence-corrected chi connectivity index (χ2v) is 8.93. The Morgan fingerprint density at radius 1 is 0.786 bits per heavy atom. The summed E-state index contributed by atoms with van der Waals surface area (Å²) in [4.78, 5) is 0. The zero-order valence-electron chi connectivity index (χ0n) is 17.9. The van der Waals surface area contributed by atoms with Crippen LogP contribution >= 0.6 is 0 Å². The molecule has 0 aliphatic heterocycles. The average molecular weight is 378 g/mol. The van der Waals surface area contributed by atoms with Crippen molar-refractivity contribution in [2.45, 2.75) is 95.8 Å². The minimum absolute atomic E-state index is 0.410. The summed E-state index contributed by atoms with van der Waals surface area (Å²) in [6, 6.07) is 17.7. The molecule has 0 heterocycles. The van der Waals surface area contributed by atoms with Crippen molar-refractivity contribution in [1.82, 2.24) is 0 Å². The average Bonchev–Trinajstić information content (AvgIpc) is 2.73. The van der Waals surface area contributed by atoms with Gasteiger partial charge >= 0.3 is 0 Å². The van der Waals surface area contributed by atoms with Gasteiger partial charge in [-0.1, -0.05) is 101 Å². The van der Waals surface area contributed by atoms with E-state index in [-0.39, 0.29) is 0 Å². The van der Waals surface area contributed by atoms with Gasteiger partial charge in [-0.25, -0.2) is 0 Å². The highest BCUT2D eigenvalue weighted by atomic mass is 14.5. The number of rotatable bonds is 10. The molecule has 1 heteroatoms. The molecule has 0 bridgehead atoms. The zero-order valence-corrected chi connectivity index (χ0v) is 17.9. The van der Waals surface area contributed by atoms with Gasteiger partial charge in [0.05, 0.1) is 0 Å². The lowest BCUT2D eigenvalue weighted by molar-refractivity contribution is 0.264. The SMILES string of the molecule is CCCCCCCCC1(c2ccccc2Cc2ccc(N)cc2)CCCCC1. The zero-order chi connectivity index (χ0) is 19.7. The second-order valence-electron chi connectivity index (χ2n) is 8.93. The number of nitrogen functional groups attached to an aromatic ring is 1. The molecule has 0 unspecified atom stereocenters. The van der Waals surface area contributed by atoms with Crippen LogP contribution in [0.15, 0.2) is 48.5 Å². The third-order valence-electron chi connectivity index (χ3n) is 6.78. The summed E-state index contributed by atoms with van der Waals surface area (Å²) in [6.07, 6.45) is 17.7. The molecule has 1 fully saturated rings.